The van der Waals surface area contributed by atoms with Gasteiger partial charge in [0.1, 0.15) is 36.3 Å². The number of carbonyl (C=O) groups excluding carboxylic acids is 2. The van der Waals surface area contributed by atoms with Gasteiger partial charge in [0.25, 0.3) is 0 Å². The van der Waals surface area contributed by atoms with Crippen LogP contribution in [0.4, 0.5) is 5.82 Å². The van der Waals surface area contributed by atoms with Gasteiger partial charge in [-0.1, -0.05) is 104 Å². The van der Waals surface area contributed by atoms with E-state index in [9.17, 15) is 53.1 Å². The van der Waals surface area contributed by atoms with Gasteiger partial charge in [-0.2, -0.15) is 16.1 Å². The molecule has 0 bridgehead atoms. The quantitative estimate of drug-likeness (QED) is 0.0341. The number of hydrogen-bond acceptors (Lipinski definition) is 17. The number of unbranched alkanes of at least 4 members (excludes halogenated alkanes) is 13. The summed E-state index contributed by atoms with van der Waals surface area (Å²) in [6.45, 7) is 3.22. The minimum absolute atomic E-state index is 0.0318. The lowest BCUT2D eigenvalue weighted by Crippen LogP contribution is -2.46. The highest BCUT2D eigenvalue weighted by molar-refractivity contribution is 7.99. The van der Waals surface area contributed by atoms with Crippen LogP contribution in [-0.4, -0.2) is 123 Å². The van der Waals surface area contributed by atoms with Crippen LogP contribution in [0.3, 0.4) is 0 Å². The largest absolute Gasteiger partial charge is 0.481 e. The fourth-order valence-electron chi connectivity index (χ4n) is 6.70. The number of thioether (sulfide) groups is 1. The number of nitrogens with zero attached hydrogens (tertiary/aromatic N) is 4. The molecular weight excluding hydrogens is 923 g/mol. The monoisotopic (exact) mass is 991 g/mol. The maximum absolute atomic E-state index is 12.7. The molecule has 368 valence electrons. The number of carbonyl (C=O) groups is 2. The van der Waals surface area contributed by atoms with Crippen LogP contribution in [0.1, 0.15) is 123 Å². The van der Waals surface area contributed by atoms with E-state index in [2.05, 4.69) is 41.3 Å². The van der Waals surface area contributed by atoms with Gasteiger partial charge in [-0.15, -0.1) is 0 Å². The Hall–Kier alpha value is -2.11. The van der Waals surface area contributed by atoms with Gasteiger partial charge >= 0.3 is 23.5 Å². The fraction of sp³-hybridized carbons (Fsp3) is 0.811. The van der Waals surface area contributed by atoms with Crippen LogP contribution in [0, 0.1) is 5.41 Å². The Bertz CT molecular complexity index is 1880. The number of fused-ring (bicyclic) bond motifs is 1. The molecule has 2 aromatic heterocycles. The number of nitrogens with one attached hydrogen (secondary N) is 2. The third-order valence-corrected chi connectivity index (χ3v) is 14.5. The zero-order chi connectivity index (χ0) is 47.4. The van der Waals surface area contributed by atoms with Crippen LogP contribution in [0.5, 0.6) is 0 Å². The molecule has 23 nitrogen and oxygen atoms in total. The third kappa shape index (κ3) is 20.4. The lowest BCUT2D eigenvalue weighted by molar-refractivity contribution is -0.137. The SMILES string of the molecule is CCCCCCCCCCCCCCCCSCCNC(=O)CCNC(=O)[C@H](O)C(C)(C)COP(=O)(O)OP(=O)(O)OC[C@H]1O[C@@H](n2cnc3c(N)ncnc32)[C@H](O)[C@@H]1OP(=O)(O)O. The summed E-state index contributed by atoms with van der Waals surface area (Å²) in [4.78, 5) is 76.1. The Morgan fingerprint density at radius 3 is 2.08 bits per heavy atom. The first-order valence-corrected chi connectivity index (χ1v) is 27.3. The Kier molecular flexibility index (Phi) is 24.3. The minimum Gasteiger partial charge on any atom is -0.386 e. The van der Waals surface area contributed by atoms with Gasteiger partial charge in [0.05, 0.1) is 19.5 Å². The number of imidazole rings is 1. The van der Waals surface area contributed by atoms with Crippen LogP contribution in [0.2, 0.25) is 0 Å². The molecule has 0 saturated carbocycles. The van der Waals surface area contributed by atoms with E-state index in [0.717, 1.165) is 35.1 Å². The zero-order valence-electron chi connectivity index (χ0n) is 36.8. The molecule has 1 fully saturated rings. The van der Waals surface area contributed by atoms with Crippen molar-refractivity contribution in [2.24, 2.45) is 5.41 Å². The van der Waals surface area contributed by atoms with Gasteiger partial charge in [0.15, 0.2) is 17.7 Å². The average molecular weight is 992 g/mol. The number of amides is 2. The molecule has 2 unspecified atom stereocenters. The maximum Gasteiger partial charge on any atom is 0.481 e. The number of aliphatic hydroxyl groups excluding tert-OH is 2. The first-order chi connectivity index (χ1) is 30.2. The van der Waals surface area contributed by atoms with Gasteiger partial charge in [0, 0.05) is 30.7 Å². The number of aliphatic hydroxyl groups is 2. The van der Waals surface area contributed by atoms with E-state index < -0.39 is 78.6 Å². The minimum atomic E-state index is -5.55. The van der Waals surface area contributed by atoms with E-state index >= 15 is 0 Å². The summed E-state index contributed by atoms with van der Waals surface area (Å²) in [5, 5.41) is 26.8. The van der Waals surface area contributed by atoms with Crippen LogP contribution in [0.25, 0.3) is 11.2 Å². The van der Waals surface area contributed by atoms with E-state index in [1.54, 1.807) is 11.8 Å². The topological polar surface area (TPSA) is 347 Å². The molecule has 3 rings (SSSR count). The Morgan fingerprint density at radius 2 is 1.47 bits per heavy atom. The number of nitrogens with two attached hydrogens (primary N) is 1. The van der Waals surface area contributed by atoms with Crippen molar-refractivity contribution in [3.63, 3.8) is 0 Å². The second kappa shape index (κ2) is 27.6. The summed E-state index contributed by atoms with van der Waals surface area (Å²) >= 11 is 1.77. The summed E-state index contributed by atoms with van der Waals surface area (Å²) in [6.07, 6.45) is 11.7. The molecule has 64 heavy (non-hydrogen) atoms. The third-order valence-electron chi connectivity index (χ3n) is 10.3. The molecule has 7 atom stereocenters. The predicted molar refractivity (Wildman–Crippen MR) is 237 cm³/mol. The summed E-state index contributed by atoms with van der Waals surface area (Å²) in [7, 11) is -16.3. The second-order valence-electron chi connectivity index (χ2n) is 16.3. The number of phosphoric acid groups is 3. The van der Waals surface area contributed by atoms with Crippen molar-refractivity contribution in [3.05, 3.63) is 12.7 Å². The highest BCUT2D eigenvalue weighted by Crippen LogP contribution is 2.61. The normalized spacial score (nSPS) is 20.5. The fourth-order valence-corrected chi connectivity index (χ4v) is 10.4. The number of anilines is 1. The summed E-state index contributed by atoms with van der Waals surface area (Å²) < 4.78 is 62.5. The van der Waals surface area contributed by atoms with Crippen molar-refractivity contribution in [1.29, 1.82) is 0 Å². The number of aromatic nitrogens is 4. The molecule has 1 aliphatic heterocycles. The first-order valence-electron chi connectivity index (χ1n) is 21.6. The van der Waals surface area contributed by atoms with Crippen LogP contribution in [-0.2, 0) is 45.9 Å². The number of nitrogen functional groups attached to an aromatic ring is 1. The van der Waals surface area contributed by atoms with Gasteiger partial charge in [-0.25, -0.2) is 28.6 Å². The highest BCUT2D eigenvalue weighted by atomic mass is 32.2. The standard InChI is InChI=1S/C37H68N7O16P3S/c1-4-5-6-7-8-9-10-11-12-13-14-15-16-17-21-64-22-20-39-28(45)18-19-40-35(48)32(47)37(2,3)24-57-63(54,55)60-62(52,53)56-23-27-31(59-61(49,50)51)30(46)36(58-27)44-26-43-29-33(38)41-25-42-34(29)44/h25-27,30-32,36,46-47H,4-24H2,1-3H3,(H,39,45)(H,40,48)(H,52,53)(H,54,55)(H2,38,41,42)(H2,49,50,51)/t27-,30-,31-,32+,36-/m1/s1. The molecule has 10 N–H and O–H groups in total. The molecule has 2 aromatic rings. The molecule has 27 heteroatoms. The lowest BCUT2D eigenvalue weighted by Gasteiger charge is -2.30. The highest BCUT2D eigenvalue weighted by Gasteiger charge is 2.50. The summed E-state index contributed by atoms with van der Waals surface area (Å²) in [5.74, 6) is 0.534. The summed E-state index contributed by atoms with van der Waals surface area (Å²) in [6, 6.07) is 0. The lowest BCUT2D eigenvalue weighted by atomic mass is 9.87. The van der Waals surface area contributed by atoms with Crippen molar-refractivity contribution in [1.82, 2.24) is 30.2 Å². The van der Waals surface area contributed by atoms with E-state index in [1.807, 2.05) is 0 Å². The van der Waals surface area contributed by atoms with Crippen molar-refractivity contribution in [2.75, 3.05) is 43.5 Å². The number of ether oxygens (including phenoxy) is 1. The number of rotatable bonds is 34. The Morgan fingerprint density at radius 1 is 0.875 bits per heavy atom. The van der Waals surface area contributed by atoms with Gasteiger partial charge in [-0.05, 0) is 12.2 Å². The van der Waals surface area contributed by atoms with Gasteiger partial charge < -0.3 is 50.9 Å². The van der Waals surface area contributed by atoms with Crippen LogP contribution in [0.15, 0.2) is 12.7 Å². The van der Waals surface area contributed by atoms with E-state index in [1.165, 1.54) is 97.3 Å². The maximum atomic E-state index is 12.7. The van der Waals surface area contributed by atoms with Crippen LogP contribution < -0.4 is 16.4 Å². The van der Waals surface area contributed by atoms with Gasteiger partial charge in [0.2, 0.25) is 11.8 Å². The van der Waals surface area contributed by atoms with E-state index in [-0.39, 0.29) is 35.9 Å². The van der Waals surface area contributed by atoms with Crippen molar-refractivity contribution >= 4 is 64.0 Å². The molecule has 1 aliphatic rings. The van der Waals surface area contributed by atoms with Gasteiger partial charge in [-0.3, -0.25) is 27.7 Å². The Labute approximate surface area is 378 Å². The van der Waals surface area contributed by atoms with Crippen molar-refractivity contribution < 1.29 is 75.7 Å². The smallest absolute Gasteiger partial charge is 0.386 e. The van der Waals surface area contributed by atoms with E-state index in [4.69, 9.17) is 19.5 Å². The molecule has 0 radical (unpaired) electrons. The first kappa shape index (κ1) is 56.2. The molecule has 3 heterocycles. The summed E-state index contributed by atoms with van der Waals surface area (Å²) in [5.41, 5.74) is 4.34. The zero-order valence-corrected chi connectivity index (χ0v) is 40.3. The molecule has 0 aliphatic carbocycles. The Balaban J connectivity index is 1.31. The molecular formula is C37H68N7O16P3S. The average Bonchev–Trinajstić information content (AvgIpc) is 3.78. The van der Waals surface area contributed by atoms with Crippen molar-refractivity contribution in [2.45, 2.75) is 148 Å². The number of phosphoric ester groups is 3. The predicted octanol–water partition coefficient (Wildman–Crippen LogP) is 4.62. The van der Waals surface area contributed by atoms with Crippen molar-refractivity contribution in [3.8, 4) is 0 Å². The van der Waals surface area contributed by atoms with E-state index in [0.29, 0.717) is 6.54 Å². The number of hydrogen-bond donors (Lipinski definition) is 9. The molecule has 0 aromatic carbocycles. The van der Waals surface area contributed by atoms with Crippen LogP contribution >= 0.6 is 35.2 Å². The second-order valence-corrected chi connectivity index (χ2v) is 21.7. The molecule has 0 spiro atoms. The molecule has 1 saturated heterocycles. The molecule has 2 amide bonds.